The molecular weight excluding hydrogens is 235 g/mol. The molecule has 0 bridgehead atoms. The SMILES string of the molecule is Fc1cc(F)c(F)c(NCc2cccs2)c1. The molecule has 5 heteroatoms. The lowest BCUT2D eigenvalue weighted by Crippen LogP contribution is -2.02. The van der Waals surface area contributed by atoms with Crippen LogP contribution in [0, 0.1) is 17.5 Å². The van der Waals surface area contributed by atoms with Crippen LogP contribution >= 0.6 is 11.3 Å². The lowest BCUT2D eigenvalue weighted by molar-refractivity contribution is 0.497. The zero-order valence-electron chi connectivity index (χ0n) is 8.14. The van der Waals surface area contributed by atoms with Gasteiger partial charge in [0.2, 0.25) is 0 Å². The van der Waals surface area contributed by atoms with Crippen molar-refractivity contribution in [2.75, 3.05) is 5.32 Å². The number of thiophene rings is 1. The van der Waals surface area contributed by atoms with Crippen LogP contribution in [0.15, 0.2) is 29.6 Å². The second-order valence-electron chi connectivity index (χ2n) is 3.18. The van der Waals surface area contributed by atoms with Crippen molar-refractivity contribution < 1.29 is 13.2 Å². The minimum Gasteiger partial charge on any atom is -0.378 e. The number of anilines is 1. The molecule has 16 heavy (non-hydrogen) atoms. The summed E-state index contributed by atoms with van der Waals surface area (Å²) in [5, 5.41) is 4.53. The largest absolute Gasteiger partial charge is 0.378 e. The molecule has 1 N–H and O–H groups in total. The first-order chi connectivity index (χ1) is 7.66. The molecule has 0 amide bonds. The Morgan fingerprint density at radius 3 is 2.69 bits per heavy atom. The third kappa shape index (κ3) is 2.36. The van der Waals surface area contributed by atoms with Crippen molar-refractivity contribution in [1.82, 2.24) is 0 Å². The first-order valence-electron chi connectivity index (χ1n) is 4.57. The van der Waals surface area contributed by atoms with E-state index in [1.54, 1.807) is 0 Å². The fourth-order valence-electron chi connectivity index (χ4n) is 1.28. The Labute approximate surface area is 94.5 Å². The summed E-state index contributed by atoms with van der Waals surface area (Å²) in [7, 11) is 0. The zero-order valence-corrected chi connectivity index (χ0v) is 8.95. The van der Waals surface area contributed by atoms with Crippen LogP contribution in [0.1, 0.15) is 4.88 Å². The Hall–Kier alpha value is -1.49. The average molecular weight is 243 g/mol. The summed E-state index contributed by atoms with van der Waals surface area (Å²) in [6.45, 7) is 0.345. The van der Waals surface area contributed by atoms with Gasteiger partial charge in [0.25, 0.3) is 0 Å². The maximum Gasteiger partial charge on any atom is 0.182 e. The van der Waals surface area contributed by atoms with E-state index in [2.05, 4.69) is 5.32 Å². The van der Waals surface area contributed by atoms with Crippen molar-refractivity contribution in [3.63, 3.8) is 0 Å². The topological polar surface area (TPSA) is 12.0 Å². The fraction of sp³-hybridized carbons (Fsp3) is 0.0909. The Balaban J connectivity index is 2.15. The predicted octanol–water partition coefficient (Wildman–Crippen LogP) is 3.78. The second kappa shape index (κ2) is 4.57. The molecule has 1 nitrogen and oxygen atoms in total. The highest BCUT2D eigenvalue weighted by molar-refractivity contribution is 7.09. The van der Waals surface area contributed by atoms with Crippen molar-refractivity contribution in [3.05, 3.63) is 52.0 Å². The van der Waals surface area contributed by atoms with Gasteiger partial charge in [0.1, 0.15) is 5.82 Å². The van der Waals surface area contributed by atoms with Gasteiger partial charge < -0.3 is 5.32 Å². The van der Waals surface area contributed by atoms with E-state index in [9.17, 15) is 13.2 Å². The predicted molar refractivity (Wildman–Crippen MR) is 58.0 cm³/mol. The van der Waals surface area contributed by atoms with Crippen molar-refractivity contribution in [2.24, 2.45) is 0 Å². The number of halogens is 3. The van der Waals surface area contributed by atoms with Gasteiger partial charge in [0.15, 0.2) is 11.6 Å². The van der Waals surface area contributed by atoms with Gasteiger partial charge in [-0.15, -0.1) is 11.3 Å². The van der Waals surface area contributed by atoms with Gasteiger partial charge in [-0.3, -0.25) is 0 Å². The van der Waals surface area contributed by atoms with E-state index in [4.69, 9.17) is 0 Å². The number of rotatable bonds is 3. The Kier molecular flexibility index (Phi) is 3.14. The van der Waals surface area contributed by atoms with Crippen LogP contribution in [0.25, 0.3) is 0 Å². The summed E-state index contributed by atoms with van der Waals surface area (Å²) < 4.78 is 38.9. The van der Waals surface area contributed by atoms with E-state index in [0.29, 0.717) is 12.6 Å². The van der Waals surface area contributed by atoms with E-state index in [0.717, 1.165) is 10.9 Å². The molecular formula is C11H8F3NS. The van der Waals surface area contributed by atoms with Gasteiger partial charge in [-0.1, -0.05) is 6.07 Å². The maximum atomic E-state index is 13.2. The standard InChI is InChI=1S/C11H8F3NS/c12-7-4-9(13)11(14)10(5-7)15-6-8-2-1-3-16-8/h1-5,15H,6H2. The monoisotopic (exact) mass is 243 g/mol. The Morgan fingerprint density at radius 1 is 1.19 bits per heavy atom. The van der Waals surface area contributed by atoms with Gasteiger partial charge in [0.05, 0.1) is 5.69 Å². The summed E-state index contributed by atoms with van der Waals surface area (Å²) in [6, 6.07) is 5.16. The van der Waals surface area contributed by atoms with Crippen molar-refractivity contribution in [2.45, 2.75) is 6.54 Å². The van der Waals surface area contributed by atoms with Crippen LogP contribution in [0.4, 0.5) is 18.9 Å². The summed E-state index contributed by atoms with van der Waals surface area (Å²) in [5.41, 5.74) is -0.161. The van der Waals surface area contributed by atoms with Gasteiger partial charge in [0, 0.05) is 23.6 Å². The van der Waals surface area contributed by atoms with Crippen molar-refractivity contribution >= 4 is 17.0 Å². The third-order valence-electron chi connectivity index (χ3n) is 2.03. The van der Waals surface area contributed by atoms with Gasteiger partial charge in [-0.25, -0.2) is 13.2 Å². The minimum absolute atomic E-state index is 0.161. The van der Waals surface area contributed by atoms with Gasteiger partial charge >= 0.3 is 0 Å². The van der Waals surface area contributed by atoms with E-state index in [-0.39, 0.29) is 5.69 Å². The molecule has 0 aliphatic rings. The van der Waals surface area contributed by atoms with Gasteiger partial charge in [-0.2, -0.15) is 0 Å². The molecule has 0 aliphatic carbocycles. The van der Waals surface area contributed by atoms with Crippen LogP contribution in [-0.4, -0.2) is 0 Å². The Morgan fingerprint density at radius 2 is 2.00 bits per heavy atom. The van der Waals surface area contributed by atoms with E-state index < -0.39 is 17.5 Å². The molecule has 2 aromatic rings. The lowest BCUT2D eigenvalue weighted by atomic mass is 10.2. The smallest absolute Gasteiger partial charge is 0.182 e. The van der Waals surface area contributed by atoms with E-state index in [1.807, 2.05) is 17.5 Å². The van der Waals surface area contributed by atoms with Crippen LogP contribution < -0.4 is 5.32 Å². The molecule has 1 aromatic carbocycles. The highest BCUT2D eigenvalue weighted by atomic mass is 32.1. The Bertz CT molecular complexity index is 482. The van der Waals surface area contributed by atoms with Crippen LogP contribution in [-0.2, 0) is 6.54 Å². The van der Waals surface area contributed by atoms with Crippen LogP contribution in [0.3, 0.4) is 0 Å². The van der Waals surface area contributed by atoms with Crippen molar-refractivity contribution in [3.8, 4) is 0 Å². The summed E-state index contributed by atoms with van der Waals surface area (Å²) in [6.07, 6.45) is 0. The van der Waals surface area contributed by atoms with Crippen LogP contribution in [0.5, 0.6) is 0 Å². The zero-order chi connectivity index (χ0) is 11.5. The molecule has 0 radical (unpaired) electrons. The molecule has 0 aliphatic heterocycles. The minimum atomic E-state index is -1.19. The fourth-order valence-corrected chi connectivity index (χ4v) is 1.92. The van der Waals surface area contributed by atoms with Crippen LogP contribution in [0.2, 0.25) is 0 Å². The van der Waals surface area contributed by atoms with Gasteiger partial charge in [-0.05, 0) is 11.4 Å². The number of hydrogen-bond donors (Lipinski definition) is 1. The maximum absolute atomic E-state index is 13.2. The third-order valence-corrected chi connectivity index (χ3v) is 2.90. The molecule has 0 spiro atoms. The summed E-state index contributed by atoms with van der Waals surface area (Å²) >= 11 is 1.48. The molecule has 0 unspecified atom stereocenters. The normalized spacial score (nSPS) is 10.4. The first-order valence-corrected chi connectivity index (χ1v) is 5.45. The molecule has 0 saturated heterocycles. The molecule has 0 saturated carbocycles. The van der Waals surface area contributed by atoms with Crippen molar-refractivity contribution in [1.29, 1.82) is 0 Å². The summed E-state index contributed by atoms with van der Waals surface area (Å²) in [5.74, 6) is -3.04. The highest BCUT2D eigenvalue weighted by Crippen LogP contribution is 2.20. The quantitative estimate of drug-likeness (QED) is 0.809. The molecule has 84 valence electrons. The molecule has 2 rings (SSSR count). The molecule has 1 heterocycles. The van der Waals surface area contributed by atoms with E-state index in [1.165, 1.54) is 11.3 Å². The number of hydrogen-bond acceptors (Lipinski definition) is 2. The molecule has 0 atom stereocenters. The molecule has 1 aromatic heterocycles. The number of nitrogens with one attached hydrogen (secondary N) is 1. The lowest BCUT2D eigenvalue weighted by Gasteiger charge is -2.06. The first kappa shape index (κ1) is 11.0. The molecule has 0 fully saturated rings. The highest BCUT2D eigenvalue weighted by Gasteiger charge is 2.10. The average Bonchev–Trinajstić information content (AvgIpc) is 2.74. The van der Waals surface area contributed by atoms with E-state index >= 15 is 0 Å². The number of benzene rings is 1. The second-order valence-corrected chi connectivity index (χ2v) is 4.21. The summed E-state index contributed by atoms with van der Waals surface area (Å²) in [4.78, 5) is 0.962.